The van der Waals surface area contributed by atoms with E-state index >= 15 is 0 Å². The quantitative estimate of drug-likeness (QED) is 0.806. The van der Waals surface area contributed by atoms with Crippen molar-refractivity contribution in [2.45, 2.75) is 58.7 Å². The Kier molecular flexibility index (Phi) is 5.87. The molecule has 2 nitrogen and oxygen atoms in total. The van der Waals surface area contributed by atoms with Crippen molar-refractivity contribution in [3.63, 3.8) is 0 Å². The topological polar surface area (TPSA) is 15.3 Å². The Balaban J connectivity index is 1.89. The van der Waals surface area contributed by atoms with Crippen LogP contribution in [0.25, 0.3) is 0 Å². The van der Waals surface area contributed by atoms with Crippen LogP contribution < -0.4 is 5.32 Å². The maximum atomic E-state index is 3.37. The second kappa shape index (κ2) is 7.66. The summed E-state index contributed by atoms with van der Waals surface area (Å²) in [7, 11) is 0. The molecular weight excluding hydrogens is 232 g/mol. The van der Waals surface area contributed by atoms with Gasteiger partial charge < -0.3 is 5.32 Å². The fourth-order valence-corrected chi connectivity index (χ4v) is 3.03. The van der Waals surface area contributed by atoms with Crippen molar-refractivity contribution in [1.82, 2.24) is 10.2 Å². The van der Waals surface area contributed by atoms with E-state index in [-0.39, 0.29) is 0 Å². The largest absolute Gasteiger partial charge is 0.313 e. The Labute approximate surface area is 118 Å². The minimum Gasteiger partial charge on any atom is -0.313 e. The maximum Gasteiger partial charge on any atom is 0.0236 e. The molecule has 1 fully saturated rings. The standard InChI is InChI=1S/C17H28N2/c1-3-18-13-15-9-11-16(12-10-15)14-19(4-2)17-7-5-6-8-17/h9-12,17-18H,3-8,13-14H2,1-2H3. The van der Waals surface area contributed by atoms with Gasteiger partial charge in [-0.2, -0.15) is 0 Å². The van der Waals surface area contributed by atoms with Gasteiger partial charge in [0.15, 0.2) is 0 Å². The Hall–Kier alpha value is -0.860. The summed E-state index contributed by atoms with van der Waals surface area (Å²) in [4.78, 5) is 2.65. The molecule has 2 heteroatoms. The zero-order valence-electron chi connectivity index (χ0n) is 12.5. The van der Waals surface area contributed by atoms with E-state index < -0.39 is 0 Å². The number of hydrogen-bond donors (Lipinski definition) is 1. The molecule has 0 radical (unpaired) electrons. The van der Waals surface area contributed by atoms with Gasteiger partial charge in [-0.15, -0.1) is 0 Å². The van der Waals surface area contributed by atoms with Crippen molar-refractivity contribution in [2.75, 3.05) is 13.1 Å². The Morgan fingerprint density at radius 3 is 2.26 bits per heavy atom. The fraction of sp³-hybridized carbons (Fsp3) is 0.647. The van der Waals surface area contributed by atoms with Crippen LogP contribution in [0.15, 0.2) is 24.3 Å². The van der Waals surface area contributed by atoms with Crippen LogP contribution in [0.5, 0.6) is 0 Å². The molecule has 1 saturated carbocycles. The van der Waals surface area contributed by atoms with Crippen molar-refractivity contribution in [3.8, 4) is 0 Å². The van der Waals surface area contributed by atoms with E-state index in [1.807, 2.05) is 0 Å². The van der Waals surface area contributed by atoms with E-state index in [9.17, 15) is 0 Å². The predicted molar refractivity (Wildman–Crippen MR) is 82.2 cm³/mol. The molecule has 1 aromatic rings. The van der Waals surface area contributed by atoms with Crippen molar-refractivity contribution in [1.29, 1.82) is 0 Å². The van der Waals surface area contributed by atoms with Gasteiger partial charge in [0.05, 0.1) is 0 Å². The van der Waals surface area contributed by atoms with E-state index in [0.29, 0.717) is 0 Å². The molecule has 1 aliphatic carbocycles. The van der Waals surface area contributed by atoms with Crippen LogP contribution in [0.3, 0.4) is 0 Å². The Bertz CT molecular complexity index is 352. The fourth-order valence-electron chi connectivity index (χ4n) is 3.03. The Morgan fingerprint density at radius 1 is 1.05 bits per heavy atom. The lowest BCUT2D eigenvalue weighted by molar-refractivity contribution is 0.200. The van der Waals surface area contributed by atoms with Crippen molar-refractivity contribution in [3.05, 3.63) is 35.4 Å². The van der Waals surface area contributed by atoms with Gasteiger partial charge in [0.2, 0.25) is 0 Å². The van der Waals surface area contributed by atoms with E-state index in [0.717, 1.165) is 25.7 Å². The lowest BCUT2D eigenvalue weighted by Gasteiger charge is -2.27. The number of nitrogens with one attached hydrogen (secondary N) is 1. The smallest absolute Gasteiger partial charge is 0.0236 e. The molecule has 0 amide bonds. The minimum absolute atomic E-state index is 0.825. The SMILES string of the molecule is CCNCc1ccc(CN(CC)C2CCCC2)cc1. The van der Waals surface area contributed by atoms with Gasteiger partial charge in [0.1, 0.15) is 0 Å². The van der Waals surface area contributed by atoms with Gasteiger partial charge in [-0.1, -0.05) is 51.0 Å². The normalized spacial score (nSPS) is 16.4. The van der Waals surface area contributed by atoms with Crippen molar-refractivity contribution in [2.24, 2.45) is 0 Å². The first kappa shape index (κ1) is 14.5. The predicted octanol–water partition coefficient (Wildman–Crippen LogP) is 3.56. The molecule has 1 N–H and O–H groups in total. The van der Waals surface area contributed by atoms with E-state index in [2.05, 4.69) is 48.3 Å². The number of nitrogens with zero attached hydrogens (tertiary/aromatic N) is 1. The molecule has 1 aromatic carbocycles. The zero-order valence-corrected chi connectivity index (χ0v) is 12.5. The van der Waals surface area contributed by atoms with Gasteiger partial charge >= 0.3 is 0 Å². The third-order valence-electron chi connectivity index (χ3n) is 4.24. The summed E-state index contributed by atoms with van der Waals surface area (Å²) in [5.74, 6) is 0. The van der Waals surface area contributed by atoms with Crippen LogP contribution in [-0.2, 0) is 13.1 Å². The zero-order chi connectivity index (χ0) is 13.5. The van der Waals surface area contributed by atoms with Gasteiger partial charge in [-0.05, 0) is 37.1 Å². The summed E-state index contributed by atoms with van der Waals surface area (Å²) in [6.07, 6.45) is 5.63. The molecule has 0 unspecified atom stereocenters. The lowest BCUT2D eigenvalue weighted by Crippen LogP contribution is -2.32. The molecule has 1 aliphatic rings. The highest BCUT2D eigenvalue weighted by molar-refractivity contribution is 5.22. The molecule has 0 bridgehead atoms. The number of benzene rings is 1. The maximum absolute atomic E-state index is 3.37. The van der Waals surface area contributed by atoms with Gasteiger partial charge in [-0.3, -0.25) is 4.90 Å². The van der Waals surface area contributed by atoms with Gasteiger partial charge in [0.25, 0.3) is 0 Å². The third-order valence-corrected chi connectivity index (χ3v) is 4.24. The molecule has 19 heavy (non-hydrogen) atoms. The first-order valence-electron chi connectivity index (χ1n) is 7.86. The summed E-state index contributed by atoms with van der Waals surface area (Å²) in [6, 6.07) is 9.95. The monoisotopic (exact) mass is 260 g/mol. The molecule has 106 valence electrons. The molecule has 0 saturated heterocycles. The molecule has 0 spiro atoms. The highest BCUT2D eigenvalue weighted by Crippen LogP contribution is 2.24. The van der Waals surface area contributed by atoms with Crippen molar-refractivity contribution < 1.29 is 0 Å². The first-order valence-corrected chi connectivity index (χ1v) is 7.86. The average molecular weight is 260 g/mol. The van der Waals surface area contributed by atoms with E-state index in [1.54, 1.807) is 0 Å². The molecular formula is C17H28N2. The second-order valence-corrected chi connectivity index (χ2v) is 5.60. The van der Waals surface area contributed by atoms with Crippen LogP contribution in [0.1, 0.15) is 50.7 Å². The minimum atomic E-state index is 0.825. The third kappa shape index (κ3) is 4.32. The Morgan fingerprint density at radius 2 is 1.68 bits per heavy atom. The van der Waals surface area contributed by atoms with Crippen LogP contribution in [-0.4, -0.2) is 24.0 Å². The molecule has 0 heterocycles. The molecule has 0 aromatic heterocycles. The van der Waals surface area contributed by atoms with Gasteiger partial charge in [0, 0.05) is 19.1 Å². The summed E-state index contributed by atoms with van der Waals surface area (Å²) in [5, 5.41) is 3.37. The highest BCUT2D eigenvalue weighted by atomic mass is 15.1. The second-order valence-electron chi connectivity index (χ2n) is 5.60. The summed E-state index contributed by atoms with van der Waals surface area (Å²) >= 11 is 0. The average Bonchev–Trinajstić information content (AvgIpc) is 2.98. The summed E-state index contributed by atoms with van der Waals surface area (Å²) < 4.78 is 0. The van der Waals surface area contributed by atoms with Crippen LogP contribution in [0.2, 0.25) is 0 Å². The number of rotatable bonds is 7. The summed E-state index contributed by atoms with van der Waals surface area (Å²) in [5.41, 5.74) is 2.84. The molecule has 0 aliphatic heterocycles. The van der Waals surface area contributed by atoms with Crippen LogP contribution in [0, 0.1) is 0 Å². The first-order chi connectivity index (χ1) is 9.33. The molecule has 0 atom stereocenters. The van der Waals surface area contributed by atoms with Crippen LogP contribution in [0.4, 0.5) is 0 Å². The molecule has 2 rings (SSSR count). The summed E-state index contributed by atoms with van der Waals surface area (Å²) in [6.45, 7) is 8.74. The van der Waals surface area contributed by atoms with Gasteiger partial charge in [-0.25, -0.2) is 0 Å². The van der Waals surface area contributed by atoms with E-state index in [1.165, 1.54) is 43.4 Å². The highest BCUT2D eigenvalue weighted by Gasteiger charge is 2.21. The lowest BCUT2D eigenvalue weighted by atomic mass is 10.1. The van der Waals surface area contributed by atoms with Crippen LogP contribution >= 0.6 is 0 Å². The number of hydrogen-bond acceptors (Lipinski definition) is 2. The van der Waals surface area contributed by atoms with E-state index in [4.69, 9.17) is 0 Å². The van der Waals surface area contributed by atoms with Crippen molar-refractivity contribution >= 4 is 0 Å².